The van der Waals surface area contributed by atoms with Crippen molar-refractivity contribution in [3.05, 3.63) is 47.1 Å². The van der Waals surface area contributed by atoms with Gasteiger partial charge in [-0.3, -0.25) is 9.13 Å². The molecule has 0 spiro atoms. The van der Waals surface area contributed by atoms with Crippen LogP contribution in [-0.4, -0.2) is 75.5 Å². The van der Waals surface area contributed by atoms with Crippen molar-refractivity contribution in [1.82, 2.24) is 19.7 Å². The van der Waals surface area contributed by atoms with E-state index in [-0.39, 0.29) is 16.7 Å². The number of aromatic nitrogens is 4. The number of aliphatic hydroxyl groups excluding tert-OH is 2. The molecule has 0 saturated carbocycles. The van der Waals surface area contributed by atoms with Gasteiger partial charge in [-0.15, -0.1) is 0 Å². The fourth-order valence-electron chi connectivity index (χ4n) is 3.79. The largest absolute Gasteiger partial charge is 0.387 e. The molecule has 0 bridgehead atoms. The van der Waals surface area contributed by atoms with Crippen molar-refractivity contribution < 1.29 is 47.7 Å². The van der Waals surface area contributed by atoms with E-state index in [1.54, 1.807) is 19.1 Å². The third-order valence-electron chi connectivity index (χ3n) is 5.51. The van der Waals surface area contributed by atoms with Gasteiger partial charge in [-0.1, -0.05) is 12.1 Å². The van der Waals surface area contributed by atoms with Crippen molar-refractivity contribution in [3.8, 4) is 0 Å². The fourth-order valence-corrected chi connectivity index (χ4v) is 6.53. The van der Waals surface area contributed by atoms with Crippen LogP contribution in [0.3, 0.4) is 0 Å². The van der Waals surface area contributed by atoms with Crippen LogP contribution in [-0.2, 0) is 18.4 Å². The van der Waals surface area contributed by atoms with Gasteiger partial charge in [-0.25, -0.2) is 9.07 Å². The first kappa shape index (κ1) is 28.0. The Balaban J connectivity index is 1.55. The molecule has 1 aromatic carbocycles. The fraction of sp³-hybridized carbons (Fsp3) is 0.421. The minimum absolute atomic E-state index is 0.112. The summed E-state index contributed by atoms with van der Waals surface area (Å²) in [6, 6.07) is 5.57. The predicted molar refractivity (Wildman–Crippen MR) is 127 cm³/mol. The predicted octanol–water partition coefficient (Wildman–Crippen LogP) is 1.75. The van der Waals surface area contributed by atoms with Gasteiger partial charge in [0.15, 0.2) is 17.8 Å². The van der Waals surface area contributed by atoms with E-state index in [2.05, 4.69) is 20.4 Å². The molecule has 1 fully saturated rings. The molecule has 3 aromatic rings. The monoisotopic (exact) mass is 581 g/mol. The molecule has 37 heavy (non-hydrogen) atoms. The second-order valence-electron chi connectivity index (χ2n) is 8.37. The topological polar surface area (TPSA) is 209 Å². The van der Waals surface area contributed by atoms with E-state index in [0.29, 0.717) is 10.9 Å². The standard InChI is InChI=1S/C19H23ClFN5O9P2/c1-9(10-3-2-4-11(21)5-10)23-16-12-6-22-26(17(12)25-19(20)24-16)18-15(28)14(27)13(35-18)7-34-37(32,33)8-36(29,30)31/h2-6,9,13-15,18,27-28H,7-8H2,1H3,(H,32,33)(H,23,24,25)(H2,29,30,31)/t9-,13-,14-,15-,18-/m1/s1. The number of rotatable bonds is 9. The number of hydrogen-bond donors (Lipinski definition) is 6. The van der Waals surface area contributed by atoms with E-state index in [1.807, 2.05) is 0 Å². The summed E-state index contributed by atoms with van der Waals surface area (Å²) in [6.07, 6.45) is -4.52. The Morgan fingerprint density at radius 1 is 1.24 bits per heavy atom. The van der Waals surface area contributed by atoms with Crippen molar-refractivity contribution in [2.45, 2.75) is 37.5 Å². The van der Waals surface area contributed by atoms with Crippen LogP contribution in [0.2, 0.25) is 5.28 Å². The molecule has 0 aliphatic carbocycles. The molecule has 18 heteroatoms. The molecule has 1 aliphatic heterocycles. The molecular weight excluding hydrogens is 559 g/mol. The number of nitrogens with one attached hydrogen (secondary N) is 1. The summed E-state index contributed by atoms with van der Waals surface area (Å²) in [5.41, 5.74) is 0.747. The molecule has 6 atom stereocenters. The highest BCUT2D eigenvalue weighted by molar-refractivity contribution is 7.70. The first-order valence-corrected chi connectivity index (χ1v) is 14.6. The summed E-state index contributed by atoms with van der Waals surface area (Å²) in [5.74, 6) is -1.57. The zero-order valence-corrected chi connectivity index (χ0v) is 21.5. The van der Waals surface area contributed by atoms with E-state index in [9.17, 15) is 28.6 Å². The van der Waals surface area contributed by atoms with Crippen molar-refractivity contribution in [2.24, 2.45) is 0 Å². The lowest BCUT2D eigenvalue weighted by Gasteiger charge is -2.18. The summed E-state index contributed by atoms with van der Waals surface area (Å²) >= 11 is 6.10. The van der Waals surface area contributed by atoms with Crippen LogP contribution in [0.15, 0.2) is 30.5 Å². The number of hydrogen-bond acceptors (Lipinski definition) is 10. The van der Waals surface area contributed by atoms with Gasteiger partial charge in [-0.05, 0) is 36.2 Å². The Labute approximate surface area is 213 Å². The van der Waals surface area contributed by atoms with Gasteiger partial charge in [0.1, 0.15) is 29.9 Å². The van der Waals surface area contributed by atoms with Gasteiger partial charge >= 0.3 is 15.2 Å². The average molecular weight is 582 g/mol. The van der Waals surface area contributed by atoms with Gasteiger partial charge in [-0.2, -0.15) is 15.1 Å². The zero-order chi connectivity index (χ0) is 27.1. The molecule has 0 amide bonds. The lowest BCUT2D eigenvalue weighted by Crippen LogP contribution is -2.33. The van der Waals surface area contributed by atoms with E-state index in [4.69, 9.17) is 30.6 Å². The third kappa shape index (κ3) is 6.52. The Bertz CT molecular complexity index is 1390. The molecule has 202 valence electrons. The molecule has 0 radical (unpaired) electrons. The van der Waals surface area contributed by atoms with E-state index in [1.165, 1.54) is 18.3 Å². The summed E-state index contributed by atoms with van der Waals surface area (Å²) in [6.45, 7) is 1.02. The van der Waals surface area contributed by atoms with Crippen LogP contribution in [0.4, 0.5) is 10.2 Å². The average Bonchev–Trinajstić information content (AvgIpc) is 3.32. The number of benzene rings is 1. The first-order chi connectivity index (χ1) is 17.2. The van der Waals surface area contributed by atoms with E-state index in [0.717, 1.165) is 4.68 Å². The van der Waals surface area contributed by atoms with Crippen LogP contribution in [0.5, 0.6) is 0 Å². The maximum absolute atomic E-state index is 13.6. The van der Waals surface area contributed by atoms with Crippen LogP contribution in [0.25, 0.3) is 11.0 Å². The number of halogens is 2. The summed E-state index contributed by atoms with van der Waals surface area (Å²) in [4.78, 5) is 35.7. The maximum atomic E-state index is 13.6. The van der Waals surface area contributed by atoms with E-state index < -0.39 is 64.1 Å². The van der Waals surface area contributed by atoms with Crippen molar-refractivity contribution in [2.75, 3.05) is 17.8 Å². The van der Waals surface area contributed by atoms with Crippen LogP contribution in [0.1, 0.15) is 24.8 Å². The molecule has 14 nitrogen and oxygen atoms in total. The number of ether oxygens (including phenoxy) is 1. The Morgan fingerprint density at radius 2 is 1.97 bits per heavy atom. The highest BCUT2D eigenvalue weighted by atomic mass is 35.5. The second-order valence-corrected chi connectivity index (χ2v) is 12.7. The Kier molecular flexibility index (Phi) is 8.03. The van der Waals surface area contributed by atoms with Crippen molar-refractivity contribution >= 4 is 43.6 Å². The number of fused-ring (bicyclic) bond motifs is 1. The lowest BCUT2D eigenvalue weighted by atomic mass is 10.1. The quantitative estimate of drug-likeness (QED) is 0.157. The van der Waals surface area contributed by atoms with Crippen LogP contribution < -0.4 is 5.32 Å². The van der Waals surface area contributed by atoms with Gasteiger partial charge in [0.25, 0.3) is 0 Å². The SMILES string of the molecule is C[C@@H](Nc1nc(Cl)nc2c1cnn2[C@@H]1O[C@H](COP(=O)(O)CP(=O)(O)O)[C@@H](O)[C@H]1O)c1cccc(F)c1. The highest BCUT2D eigenvalue weighted by Crippen LogP contribution is 2.55. The van der Waals surface area contributed by atoms with Gasteiger partial charge in [0, 0.05) is 0 Å². The lowest BCUT2D eigenvalue weighted by molar-refractivity contribution is -0.0541. The third-order valence-corrected chi connectivity index (χ3v) is 9.14. The number of nitrogens with zero attached hydrogens (tertiary/aromatic N) is 4. The van der Waals surface area contributed by atoms with Gasteiger partial charge in [0.2, 0.25) is 5.28 Å². The number of aliphatic hydroxyl groups is 2. The second kappa shape index (κ2) is 10.6. The summed E-state index contributed by atoms with van der Waals surface area (Å²) in [7, 11) is -9.57. The maximum Gasteiger partial charge on any atom is 0.340 e. The summed E-state index contributed by atoms with van der Waals surface area (Å²) in [5, 5.41) is 28.4. The highest BCUT2D eigenvalue weighted by Gasteiger charge is 2.46. The Morgan fingerprint density at radius 3 is 2.65 bits per heavy atom. The minimum atomic E-state index is -4.85. The van der Waals surface area contributed by atoms with Crippen molar-refractivity contribution in [1.29, 1.82) is 0 Å². The zero-order valence-electron chi connectivity index (χ0n) is 19.0. The molecule has 3 heterocycles. The smallest absolute Gasteiger partial charge is 0.340 e. The normalized spacial score (nSPS) is 24.8. The molecule has 4 rings (SSSR count). The van der Waals surface area contributed by atoms with Crippen LogP contribution >= 0.6 is 26.8 Å². The van der Waals surface area contributed by atoms with Gasteiger partial charge in [0.05, 0.1) is 24.2 Å². The Hall–Kier alpha value is -2.03. The molecule has 1 unspecified atom stereocenters. The molecular formula is C19H23ClFN5O9P2. The summed E-state index contributed by atoms with van der Waals surface area (Å²) < 4.78 is 48.0. The molecule has 1 saturated heterocycles. The van der Waals surface area contributed by atoms with Crippen molar-refractivity contribution in [3.63, 3.8) is 0 Å². The number of anilines is 1. The first-order valence-electron chi connectivity index (χ1n) is 10.7. The molecule has 1 aliphatic rings. The molecule has 2 aromatic heterocycles. The molecule has 6 N–H and O–H groups in total. The van der Waals surface area contributed by atoms with E-state index >= 15 is 0 Å². The van der Waals surface area contributed by atoms with Crippen LogP contribution in [0, 0.1) is 5.82 Å². The van der Waals surface area contributed by atoms with Gasteiger partial charge < -0.3 is 39.5 Å². The minimum Gasteiger partial charge on any atom is -0.387 e.